The molecule has 0 aliphatic rings. The van der Waals surface area contributed by atoms with Gasteiger partial charge in [0.15, 0.2) is 0 Å². The Bertz CT molecular complexity index is 1280. The maximum atomic E-state index is 14.2. The number of carboxylic acid groups (broad SMARTS) is 1. The van der Waals surface area contributed by atoms with Gasteiger partial charge in [-0.1, -0.05) is 119 Å². The van der Waals surface area contributed by atoms with E-state index in [1.165, 1.54) is 0 Å². The minimum absolute atomic E-state index is 0.0765. The van der Waals surface area contributed by atoms with Gasteiger partial charge in [-0.15, -0.1) is 0 Å². The van der Waals surface area contributed by atoms with E-state index in [-0.39, 0.29) is 18.8 Å². The summed E-state index contributed by atoms with van der Waals surface area (Å²) in [7, 11) is 0. The normalized spacial score (nSPS) is 13.6. The number of carboxylic acids is 1. The Hall–Kier alpha value is -4.50. The fourth-order valence-corrected chi connectivity index (χ4v) is 5.37. The van der Waals surface area contributed by atoms with Gasteiger partial charge in [-0.2, -0.15) is 0 Å². The van der Waals surface area contributed by atoms with Crippen molar-refractivity contribution >= 4 is 23.7 Å². The van der Waals surface area contributed by atoms with E-state index in [0.29, 0.717) is 6.42 Å². The Balaban J connectivity index is 2.08. The van der Waals surface area contributed by atoms with Gasteiger partial charge in [0.2, 0.25) is 17.7 Å². The summed E-state index contributed by atoms with van der Waals surface area (Å²) in [6.45, 7) is 7.37. The molecule has 0 saturated heterocycles. The molecular weight excluding hydrogens is 556 g/mol. The van der Waals surface area contributed by atoms with Gasteiger partial charge in [-0.3, -0.25) is 19.7 Å². The lowest BCUT2D eigenvalue weighted by Gasteiger charge is -2.40. The van der Waals surface area contributed by atoms with Gasteiger partial charge < -0.3 is 21.5 Å². The van der Waals surface area contributed by atoms with Crippen LogP contribution >= 0.6 is 0 Å². The van der Waals surface area contributed by atoms with Crippen LogP contribution in [0.4, 0.5) is 0 Å². The number of primary amides is 1. The minimum atomic E-state index is -1.19. The Morgan fingerprint density at radius 3 is 1.50 bits per heavy atom. The fraction of sp³-hybridized carbons (Fsp3) is 0.371. The summed E-state index contributed by atoms with van der Waals surface area (Å²) in [6.07, 6.45) is 0.184. The monoisotopic (exact) mass is 600 g/mol. The highest BCUT2D eigenvalue weighted by Gasteiger charge is 2.40. The number of hydrogen-bond acceptors (Lipinski definition) is 5. The van der Waals surface area contributed by atoms with Crippen LogP contribution in [-0.4, -0.2) is 46.9 Å². The molecule has 6 N–H and O–H groups in total. The third kappa shape index (κ3) is 8.76. The first-order valence-electron chi connectivity index (χ1n) is 15.0. The Kier molecular flexibility index (Phi) is 12.2. The summed E-state index contributed by atoms with van der Waals surface area (Å²) in [6, 6.07) is 26.5. The highest BCUT2D eigenvalue weighted by Crippen LogP contribution is 2.37. The molecular formula is C35H44N4O5. The third-order valence-corrected chi connectivity index (χ3v) is 7.58. The first kappa shape index (κ1) is 34.0. The predicted octanol–water partition coefficient (Wildman–Crippen LogP) is 3.96. The van der Waals surface area contributed by atoms with E-state index in [4.69, 9.17) is 5.73 Å². The molecule has 0 fully saturated rings. The smallest absolute Gasteiger partial charge is 0.326 e. The molecule has 3 rings (SSSR count). The van der Waals surface area contributed by atoms with Gasteiger partial charge in [0.1, 0.15) is 12.1 Å². The number of aliphatic carboxylic acids is 1. The topological polar surface area (TPSA) is 151 Å². The highest BCUT2D eigenvalue weighted by atomic mass is 16.4. The lowest BCUT2D eigenvalue weighted by Crippen LogP contribution is -2.59. The lowest BCUT2D eigenvalue weighted by atomic mass is 9.76. The van der Waals surface area contributed by atoms with Crippen LogP contribution in [-0.2, 0) is 24.7 Å². The van der Waals surface area contributed by atoms with E-state index in [9.17, 15) is 24.3 Å². The van der Waals surface area contributed by atoms with Crippen molar-refractivity contribution in [1.29, 1.82) is 0 Å². The SMILES string of the molecule is CC(C)C[C@H](NC(c1ccccc1)(c1ccccc1)c1ccccc1)C(=O)N[C@@H](CCC(N)=O)C(=O)N[C@H](C(=O)O)C(C)C. The summed E-state index contributed by atoms with van der Waals surface area (Å²) in [5, 5.41) is 18.7. The van der Waals surface area contributed by atoms with Gasteiger partial charge in [0.05, 0.1) is 11.6 Å². The number of benzene rings is 3. The van der Waals surface area contributed by atoms with E-state index in [1.54, 1.807) is 13.8 Å². The second-order valence-corrected chi connectivity index (χ2v) is 11.8. The Labute approximate surface area is 259 Å². The number of nitrogens with one attached hydrogen (secondary N) is 3. The molecule has 9 heteroatoms. The van der Waals surface area contributed by atoms with E-state index < -0.39 is 53.3 Å². The average molecular weight is 601 g/mol. The number of amides is 3. The molecule has 0 aliphatic heterocycles. The Morgan fingerprint density at radius 1 is 0.705 bits per heavy atom. The molecule has 3 aromatic carbocycles. The molecule has 9 nitrogen and oxygen atoms in total. The largest absolute Gasteiger partial charge is 0.480 e. The number of rotatable bonds is 16. The Morgan fingerprint density at radius 2 is 1.14 bits per heavy atom. The molecule has 0 spiro atoms. The van der Waals surface area contributed by atoms with Crippen LogP contribution in [0.1, 0.15) is 63.6 Å². The molecule has 44 heavy (non-hydrogen) atoms. The molecule has 3 atom stereocenters. The predicted molar refractivity (Wildman–Crippen MR) is 170 cm³/mol. The van der Waals surface area contributed by atoms with Crippen molar-refractivity contribution in [1.82, 2.24) is 16.0 Å². The van der Waals surface area contributed by atoms with Crippen LogP contribution in [0.3, 0.4) is 0 Å². The third-order valence-electron chi connectivity index (χ3n) is 7.58. The van der Waals surface area contributed by atoms with Gasteiger partial charge >= 0.3 is 5.97 Å². The molecule has 0 unspecified atom stereocenters. The molecule has 0 aromatic heterocycles. The zero-order chi connectivity index (χ0) is 32.3. The van der Waals surface area contributed by atoms with E-state index >= 15 is 0 Å². The molecule has 234 valence electrons. The van der Waals surface area contributed by atoms with Crippen molar-refractivity contribution in [2.45, 2.75) is 70.6 Å². The van der Waals surface area contributed by atoms with Crippen molar-refractivity contribution in [3.05, 3.63) is 108 Å². The van der Waals surface area contributed by atoms with Crippen LogP contribution in [0.2, 0.25) is 0 Å². The number of carbonyl (C=O) groups is 4. The van der Waals surface area contributed by atoms with E-state index in [0.717, 1.165) is 16.7 Å². The number of carbonyl (C=O) groups excluding carboxylic acids is 3. The quantitative estimate of drug-likeness (QED) is 0.157. The summed E-state index contributed by atoms with van der Waals surface area (Å²) in [5.41, 5.74) is 7.19. The molecule has 0 bridgehead atoms. The maximum absolute atomic E-state index is 14.2. The van der Waals surface area contributed by atoms with Gasteiger partial charge in [-0.25, -0.2) is 4.79 Å². The van der Waals surface area contributed by atoms with Crippen molar-refractivity contribution in [2.24, 2.45) is 17.6 Å². The second kappa shape index (κ2) is 15.8. The second-order valence-electron chi connectivity index (χ2n) is 11.8. The summed E-state index contributed by atoms with van der Waals surface area (Å²) in [5.74, 6) is -3.28. The van der Waals surface area contributed by atoms with E-state index in [1.807, 2.05) is 105 Å². The van der Waals surface area contributed by atoms with Crippen LogP contribution in [0, 0.1) is 11.8 Å². The molecule has 3 amide bonds. The summed E-state index contributed by atoms with van der Waals surface area (Å²) >= 11 is 0. The molecule has 0 aliphatic carbocycles. The van der Waals surface area contributed by atoms with Gasteiger partial charge in [0.25, 0.3) is 0 Å². The first-order chi connectivity index (χ1) is 21.0. The standard InChI is InChI=1S/C35H44N4O5/c1-23(2)22-29(33(42)37-28(20-21-30(36)40)32(41)38-31(24(3)4)34(43)44)39-35(25-14-8-5-9-15-25,26-16-10-6-11-17-26)27-18-12-7-13-19-27/h5-19,23-24,28-29,31,39H,20-22H2,1-4H3,(H2,36,40)(H,37,42)(H,38,41)(H,43,44)/t28-,29-,31-/m0/s1. The number of hydrogen-bond donors (Lipinski definition) is 5. The zero-order valence-corrected chi connectivity index (χ0v) is 25.8. The van der Waals surface area contributed by atoms with Gasteiger partial charge in [0, 0.05) is 6.42 Å². The highest BCUT2D eigenvalue weighted by molar-refractivity contribution is 5.92. The van der Waals surface area contributed by atoms with Crippen molar-refractivity contribution in [3.8, 4) is 0 Å². The summed E-state index contributed by atoms with van der Waals surface area (Å²) < 4.78 is 0. The summed E-state index contributed by atoms with van der Waals surface area (Å²) in [4.78, 5) is 51.0. The number of nitrogens with two attached hydrogens (primary N) is 1. The van der Waals surface area contributed by atoms with Crippen molar-refractivity contribution in [3.63, 3.8) is 0 Å². The molecule has 0 heterocycles. The lowest BCUT2D eigenvalue weighted by molar-refractivity contribution is -0.143. The van der Waals surface area contributed by atoms with E-state index in [2.05, 4.69) is 16.0 Å². The van der Waals surface area contributed by atoms with Gasteiger partial charge in [-0.05, 0) is 41.4 Å². The minimum Gasteiger partial charge on any atom is -0.480 e. The molecule has 0 radical (unpaired) electrons. The van der Waals surface area contributed by atoms with Crippen LogP contribution < -0.4 is 21.7 Å². The average Bonchev–Trinajstić information content (AvgIpc) is 3.00. The molecule has 0 saturated carbocycles. The van der Waals surface area contributed by atoms with Crippen LogP contribution in [0.15, 0.2) is 91.0 Å². The first-order valence-corrected chi connectivity index (χ1v) is 15.0. The van der Waals surface area contributed by atoms with Crippen LogP contribution in [0.25, 0.3) is 0 Å². The molecule has 3 aromatic rings. The van der Waals surface area contributed by atoms with Crippen LogP contribution in [0.5, 0.6) is 0 Å². The fourth-order valence-electron chi connectivity index (χ4n) is 5.37. The zero-order valence-electron chi connectivity index (χ0n) is 25.8. The van der Waals surface area contributed by atoms with Crippen molar-refractivity contribution < 1.29 is 24.3 Å². The van der Waals surface area contributed by atoms with Crippen molar-refractivity contribution in [2.75, 3.05) is 0 Å². The maximum Gasteiger partial charge on any atom is 0.326 e.